The number of thiazole rings is 1. The van der Waals surface area contributed by atoms with Crippen molar-refractivity contribution in [1.82, 2.24) is 15.3 Å². The van der Waals surface area contributed by atoms with Crippen molar-refractivity contribution in [3.05, 3.63) is 64.3 Å². The number of aliphatic carboxylic acids is 1. The smallest absolute Gasteiger partial charge is 0.341 e. The van der Waals surface area contributed by atoms with E-state index < -0.39 is 12.6 Å². The van der Waals surface area contributed by atoms with E-state index in [4.69, 9.17) is 30.9 Å². The molecule has 0 unspecified atom stereocenters. The minimum absolute atomic E-state index is 0.0611. The van der Waals surface area contributed by atoms with Gasteiger partial charge in [-0.1, -0.05) is 29.0 Å². The lowest BCUT2D eigenvalue weighted by Crippen LogP contribution is -2.31. The number of aromatic nitrogens is 2. The van der Waals surface area contributed by atoms with Crippen molar-refractivity contribution in [1.29, 1.82) is 0 Å². The first-order valence-electron chi connectivity index (χ1n) is 11.2. The molecular formula is C25H24ClN3O6S. The molecule has 2 heterocycles. The van der Waals surface area contributed by atoms with Gasteiger partial charge in [-0.05, 0) is 50.0 Å². The number of carbonyl (C=O) groups is 2. The van der Waals surface area contributed by atoms with Crippen LogP contribution in [0.3, 0.4) is 0 Å². The lowest BCUT2D eigenvalue weighted by atomic mass is 10.2. The van der Waals surface area contributed by atoms with E-state index >= 15 is 0 Å². The molecule has 9 nitrogen and oxygen atoms in total. The maximum atomic E-state index is 12.5. The Morgan fingerprint density at radius 2 is 2.08 bits per heavy atom. The average Bonchev–Trinajstić information content (AvgIpc) is 3.59. The van der Waals surface area contributed by atoms with E-state index in [2.05, 4.69) is 15.3 Å². The van der Waals surface area contributed by atoms with Gasteiger partial charge in [-0.25, -0.2) is 14.8 Å². The van der Waals surface area contributed by atoms with Gasteiger partial charge in [0.05, 0.1) is 16.5 Å². The highest BCUT2D eigenvalue weighted by Crippen LogP contribution is 2.35. The van der Waals surface area contributed by atoms with Gasteiger partial charge in [0.2, 0.25) is 5.88 Å². The van der Waals surface area contributed by atoms with Crippen molar-refractivity contribution in [2.24, 2.45) is 5.92 Å². The number of carboxylic acids is 1. The van der Waals surface area contributed by atoms with E-state index in [1.807, 2.05) is 25.1 Å². The number of hydrogen-bond acceptors (Lipinski definition) is 8. The van der Waals surface area contributed by atoms with Crippen LogP contribution in [0.1, 0.15) is 35.0 Å². The molecule has 4 rings (SSSR count). The maximum absolute atomic E-state index is 12.5. The number of halogens is 1. The molecule has 188 valence electrons. The van der Waals surface area contributed by atoms with Crippen molar-refractivity contribution >= 4 is 40.9 Å². The average molecular weight is 530 g/mol. The third-order valence-electron chi connectivity index (χ3n) is 5.03. The first-order valence-corrected chi connectivity index (χ1v) is 12.4. The number of nitrogens with zero attached hydrogens (tertiary/aromatic N) is 2. The number of carboxylic acid groups (broad SMARTS) is 1. The van der Waals surface area contributed by atoms with Gasteiger partial charge in [0.1, 0.15) is 11.5 Å². The monoisotopic (exact) mass is 529 g/mol. The second-order valence-corrected chi connectivity index (χ2v) is 9.60. The molecule has 2 aromatic heterocycles. The van der Waals surface area contributed by atoms with E-state index in [-0.39, 0.29) is 17.8 Å². The van der Waals surface area contributed by atoms with Gasteiger partial charge in [0.15, 0.2) is 6.61 Å². The summed E-state index contributed by atoms with van der Waals surface area (Å²) in [5.74, 6) is 0.454. The lowest BCUT2D eigenvalue weighted by Gasteiger charge is -2.10. The molecule has 2 N–H and O–H groups in total. The molecular weight excluding hydrogens is 506 g/mol. The standard InChI is InChI=1S/C25H24ClN3O6S/c1-15(29-24(32)17-8-9-27-22(10-17)34-14-23(30)31)2-6-19-12-28-25(36-19)35-21-7-5-18(11-20(21)26)33-13-16-3-4-16/h2,5-12,15-16H,3-4,13-14H2,1H3,(H,29,32)(H,30,31)/b6-2+/t15-/m0/s1. The van der Waals surface area contributed by atoms with Crippen molar-refractivity contribution in [3.8, 4) is 22.6 Å². The van der Waals surface area contributed by atoms with E-state index in [0.29, 0.717) is 39.8 Å². The minimum atomic E-state index is -1.13. The Hall–Kier alpha value is -3.63. The Kier molecular flexibility index (Phi) is 8.40. The van der Waals surface area contributed by atoms with Crippen LogP contribution in [-0.2, 0) is 4.79 Å². The van der Waals surface area contributed by atoms with Gasteiger partial charge in [-0.3, -0.25) is 4.79 Å². The highest BCUT2D eigenvalue weighted by Gasteiger charge is 2.22. The summed E-state index contributed by atoms with van der Waals surface area (Å²) in [6, 6.07) is 7.94. The summed E-state index contributed by atoms with van der Waals surface area (Å²) < 4.78 is 16.6. The first kappa shape index (κ1) is 25.5. The summed E-state index contributed by atoms with van der Waals surface area (Å²) in [6.07, 6.45) is 9.14. The van der Waals surface area contributed by atoms with Crippen LogP contribution in [0.25, 0.3) is 6.08 Å². The summed E-state index contributed by atoms with van der Waals surface area (Å²) in [7, 11) is 0. The zero-order chi connectivity index (χ0) is 25.5. The van der Waals surface area contributed by atoms with Crippen LogP contribution in [0.5, 0.6) is 22.6 Å². The molecule has 3 aromatic rings. The van der Waals surface area contributed by atoms with Crippen molar-refractivity contribution in [2.75, 3.05) is 13.2 Å². The highest BCUT2D eigenvalue weighted by atomic mass is 35.5. The van der Waals surface area contributed by atoms with E-state index in [0.717, 1.165) is 4.88 Å². The molecule has 0 radical (unpaired) electrons. The third kappa shape index (κ3) is 7.69. The summed E-state index contributed by atoms with van der Waals surface area (Å²) in [4.78, 5) is 32.1. The zero-order valence-electron chi connectivity index (χ0n) is 19.3. The number of amides is 1. The van der Waals surface area contributed by atoms with Gasteiger partial charge >= 0.3 is 5.97 Å². The topological polar surface area (TPSA) is 120 Å². The number of pyridine rings is 1. The fourth-order valence-corrected chi connectivity index (χ4v) is 3.88. The van der Waals surface area contributed by atoms with E-state index in [9.17, 15) is 9.59 Å². The van der Waals surface area contributed by atoms with Crippen molar-refractivity contribution in [2.45, 2.75) is 25.8 Å². The maximum Gasteiger partial charge on any atom is 0.341 e. The van der Waals surface area contributed by atoms with Gasteiger partial charge in [-0.2, -0.15) is 0 Å². The number of benzene rings is 1. The Morgan fingerprint density at radius 1 is 1.25 bits per heavy atom. The van der Waals surface area contributed by atoms with Crippen LogP contribution in [0.2, 0.25) is 5.02 Å². The molecule has 1 aliphatic rings. The first-order chi connectivity index (χ1) is 17.4. The third-order valence-corrected chi connectivity index (χ3v) is 6.17. The van der Waals surface area contributed by atoms with Crippen molar-refractivity contribution < 1.29 is 28.9 Å². The fraction of sp³-hybridized carbons (Fsp3) is 0.280. The number of ether oxygens (including phenoxy) is 3. The number of carbonyl (C=O) groups excluding carboxylic acids is 1. The molecule has 36 heavy (non-hydrogen) atoms. The van der Waals surface area contributed by atoms with Gasteiger partial charge in [-0.15, -0.1) is 0 Å². The molecule has 11 heteroatoms. The molecule has 0 spiro atoms. The van der Waals surface area contributed by atoms with Crippen LogP contribution in [0.4, 0.5) is 0 Å². The molecule has 0 bridgehead atoms. The molecule has 0 aliphatic heterocycles. The Morgan fingerprint density at radius 3 is 2.83 bits per heavy atom. The second kappa shape index (κ2) is 11.9. The largest absolute Gasteiger partial charge is 0.493 e. The Bertz CT molecular complexity index is 1260. The quantitative estimate of drug-likeness (QED) is 0.334. The highest BCUT2D eigenvalue weighted by molar-refractivity contribution is 7.14. The molecule has 1 aromatic carbocycles. The van der Waals surface area contributed by atoms with Crippen LogP contribution in [0.15, 0.2) is 48.8 Å². The number of nitrogens with one attached hydrogen (secondary N) is 1. The van der Waals surface area contributed by atoms with Crippen LogP contribution in [-0.4, -0.2) is 46.2 Å². The van der Waals surface area contributed by atoms with Crippen molar-refractivity contribution in [3.63, 3.8) is 0 Å². The molecule has 1 saturated carbocycles. The van der Waals surface area contributed by atoms with Crippen LogP contribution in [0, 0.1) is 5.92 Å². The normalized spacial score (nSPS) is 13.8. The number of rotatable bonds is 12. The fourth-order valence-electron chi connectivity index (χ4n) is 2.98. The summed E-state index contributed by atoms with van der Waals surface area (Å²) in [6.45, 7) is 2.00. The SMILES string of the molecule is C[C@@H](/C=C/c1cnc(Oc2ccc(OCC3CC3)cc2Cl)s1)NC(=O)c1ccnc(OCC(=O)O)c1. The summed E-state index contributed by atoms with van der Waals surface area (Å²) >= 11 is 7.67. The predicted molar refractivity (Wildman–Crippen MR) is 135 cm³/mol. The lowest BCUT2D eigenvalue weighted by molar-refractivity contribution is -0.139. The second-order valence-electron chi connectivity index (χ2n) is 8.16. The van der Waals surface area contributed by atoms with E-state index in [1.54, 1.807) is 18.3 Å². The van der Waals surface area contributed by atoms with Gasteiger partial charge < -0.3 is 24.6 Å². The Balaban J connectivity index is 1.29. The molecule has 1 fully saturated rings. The minimum Gasteiger partial charge on any atom is -0.493 e. The van der Waals surface area contributed by atoms with Crippen LogP contribution < -0.4 is 19.5 Å². The number of hydrogen-bond donors (Lipinski definition) is 2. The summed E-state index contributed by atoms with van der Waals surface area (Å²) in [5.41, 5.74) is 0.306. The van der Waals surface area contributed by atoms with Gasteiger partial charge in [0.25, 0.3) is 11.1 Å². The van der Waals surface area contributed by atoms with Gasteiger partial charge in [0, 0.05) is 36.1 Å². The summed E-state index contributed by atoms with van der Waals surface area (Å²) in [5, 5.41) is 12.4. The molecule has 1 aliphatic carbocycles. The predicted octanol–water partition coefficient (Wildman–Crippen LogP) is 5.07. The molecule has 1 amide bonds. The molecule has 1 atom stereocenters. The zero-order valence-corrected chi connectivity index (χ0v) is 20.9. The Labute approximate surface area is 216 Å². The van der Waals surface area contributed by atoms with Crippen LogP contribution >= 0.6 is 22.9 Å². The van der Waals surface area contributed by atoms with E-state index in [1.165, 1.54) is 42.5 Å². The molecule has 0 saturated heterocycles.